The molecule has 0 unspecified atom stereocenters. The monoisotopic (exact) mass is 158 g/mol. The average molecular weight is 158 g/mol. The first kappa shape index (κ1) is 8.33. The maximum Gasteiger partial charge on any atom is 0.404 e. The fraction of sp³-hybridized carbons (Fsp3) is 0.857. The Balaban J connectivity index is 2.09. The molecule has 1 heterocycles. The molecule has 64 valence electrons. The number of amides is 1. The van der Waals surface area contributed by atoms with Crippen LogP contribution in [-0.2, 0) is 0 Å². The highest BCUT2D eigenvalue weighted by molar-refractivity contribution is 5.64. The Kier molecular flexibility index (Phi) is 3.16. The van der Waals surface area contributed by atoms with Gasteiger partial charge in [0.2, 0.25) is 0 Å². The molecular formula is C7H14N2O2. The van der Waals surface area contributed by atoms with Gasteiger partial charge in [-0.05, 0) is 31.8 Å². The number of hydrogen-bond donors (Lipinski definition) is 3. The second-order valence-electron chi connectivity index (χ2n) is 2.90. The zero-order chi connectivity index (χ0) is 8.10. The van der Waals surface area contributed by atoms with Gasteiger partial charge in [-0.1, -0.05) is 0 Å². The van der Waals surface area contributed by atoms with E-state index in [4.69, 9.17) is 5.11 Å². The first-order chi connectivity index (χ1) is 5.29. The third-order valence-electron chi connectivity index (χ3n) is 1.94. The molecule has 0 spiro atoms. The van der Waals surface area contributed by atoms with Crippen molar-refractivity contribution in [3.63, 3.8) is 0 Å². The lowest BCUT2D eigenvalue weighted by molar-refractivity contribution is 0.191. The van der Waals surface area contributed by atoms with Crippen molar-refractivity contribution in [3.05, 3.63) is 0 Å². The summed E-state index contributed by atoms with van der Waals surface area (Å²) in [6, 6.07) is 0. The molecule has 0 bridgehead atoms. The normalized spacial score (nSPS) is 24.5. The van der Waals surface area contributed by atoms with Crippen molar-refractivity contribution in [1.82, 2.24) is 10.6 Å². The van der Waals surface area contributed by atoms with E-state index in [0.717, 1.165) is 25.9 Å². The molecule has 1 aliphatic rings. The predicted octanol–water partition coefficient (Wildman–Crippen LogP) is 0.254. The zero-order valence-corrected chi connectivity index (χ0v) is 6.47. The number of carbonyl (C=O) groups is 1. The Hall–Kier alpha value is -0.770. The summed E-state index contributed by atoms with van der Waals surface area (Å²) in [5.41, 5.74) is 0. The number of nitrogens with one attached hydrogen (secondary N) is 2. The van der Waals surface area contributed by atoms with Gasteiger partial charge in [0, 0.05) is 6.54 Å². The molecule has 0 aromatic rings. The summed E-state index contributed by atoms with van der Waals surface area (Å²) in [5, 5.41) is 13.9. The van der Waals surface area contributed by atoms with Gasteiger partial charge in [-0.3, -0.25) is 0 Å². The molecule has 0 aromatic carbocycles. The van der Waals surface area contributed by atoms with Crippen molar-refractivity contribution in [1.29, 1.82) is 0 Å². The maximum absolute atomic E-state index is 10.1. The molecule has 0 saturated carbocycles. The van der Waals surface area contributed by atoms with Crippen LogP contribution in [0.2, 0.25) is 0 Å². The van der Waals surface area contributed by atoms with Crippen molar-refractivity contribution in [3.8, 4) is 0 Å². The summed E-state index contributed by atoms with van der Waals surface area (Å²) < 4.78 is 0. The molecule has 1 amide bonds. The Morgan fingerprint density at radius 2 is 2.55 bits per heavy atom. The summed E-state index contributed by atoms with van der Waals surface area (Å²) >= 11 is 0. The molecule has 1 rings (SSSR count). The van der Waals surface area contributed by atoms with Gasteiger partial charge in [0.25, 0.3) is 0 Å². The van der Waals surface area contributed by atoms with E-state index in [1.807, 2.05) is 0 Å². The van der Waals surface area contributed by atoms with Crippen LogP contribution in [0.4, 0.5) is 4.79 Å². The quantitative estimate of drug-likeness (QED) is 0.540. The molecule has 3 N–H and O–H groups in total. The van der Waals surface area contributed by atoms with Gasteiger partial charge < -0.3 is 15.7 Å². The average Bonchev–Trinajstić information content (AvgIpc) is 2.03. The third kappa shape index (κ3) is 3.23. The minimum Gasteiger partial charge on any atom is -0.465 e. The van der Waals surface area contributed by atoms with Crippen LogP contribution in [0.5, 0.6) is 0 Å². The molecule has 0 aromatic heterocycles. The topological polar surface area (TPSA) is 61.4 Å². The summed E-state index contributed by atoms with van der Waals surface area (Å²) in [7, 11) is 0. The lowest BCUT2D eigenvalue weighted by Gasteiger charge is -2.22. The SMILES string of the molecule is O=C(O)NC[C@H]1CCCNC1. The summed E-state index contributed by atoms with van der Waals surface area (Å²) in [6.07, 6.45) is 1.37. The Morgan fingerprint density at radius 3 is 3.09 bits per heavy atom. The van der Waals surface area contributed by atoms with Crippen molar-refractivity contribution < 1.29 is 9.90 Å². The highest BCUT2D eigenvalue weighted by Gasteiger charge is 2.12. The Morgan fingerprint density at radius 1 is 1.73 bits per heavy atom. The van der Waals surface area contributed by atoms with Gasteiger partial charge in [-0.15, -0.1) is 0 Å². The molecule has 0 radical (unpaired) electrons. The highest BCUT2D eigenvalue weighted by Crippen LogP contribution is 2.07. The molecule has 4 nitrogen and oxygen atoms in total. The summed E-state index contributed by atoms with van der Waals surface area (Å²) in [5.74, 6) is 0.486. The minimum absolute atomic E-state index is 0.486. The maximum atomic E-state index is 10.1. The predicted molar refractivity (Wildman–Crippen MR) is 41.6 cm³/mol. The second-order valence-corrected chi connectivity index (χ2v) is 2.90. The van der Waals surface area contributed by atoms with Gasteiger partial charge in [0.15, 0.2) is 0 Å². The lowest BCUT2D eigenvalue weighted by atomic mass is 10.00. The van der Waals surface area contributed by atoms with Crippen LogP contribution in [0, 0.1) is 5.92 Å². The first-order valence-corrected chi connectivity index (χ1v) is 3.96. The van der Waals surface area contributed by atoms with Crippen LogP contribution < -0.4 is 10.6 Å². The smallest absolute Gasteiger partial charge is 0.404 e. The van der Waals surface area contributed by atoms with Crippen LogP contribution in [0.15, 0.2) is 0 Å². The van der Waals surface area contributed by atoms with Crippen LogP contribution in [0.1, 0.15) is 12.8 Å². The van der Waals surface area contributed by atoms with Crippen LogP contribution >= 0.6 is 0 Å². The van der Waals surface area contributed by atoms with E-state index in [2.05, 4.69) is 10.6 Å². The fourth-order valence-corrected chi connectivity index (χ4v) is 1.33. The molecular weight excluding hydrogens is 144 g/mol. The fourth-order valence-electron chi connectivity index (χ4n) is 1.33. The number of rotatable bonds is 2. The standard InChI is InChI=1S/C7H14N2O2/c10-7(11)9-5-6-2-1-3-8-4-6/h6,8-9H,1-5H2,(H,10,11)/t6-/m0/s1. The van der Waals surface area contributed by atoms with E-state index in [0.29, 0.717) is 12.5 Å². The summed E-state index contributed by atoms with van der Waals surface area (Å²) in [4.78, 5) is 10.1. The third-order valence-corrected chi connectivity index (χ3v) is 1.94. The molecule has 4 heteroatoms. The van der Waals surface area contributed by atoms with Crippen molar-refractivity contribution in [2.24, 2.45) is 5.92 Å². The highest BCUT2D eigenvalue weighted by atomic mass is 16.4. The summed E-state index contributed by atoms with van der Waals surface area (Å²) in [6.45, 7) is 2.60. The van der Waals surface area contributed by atoms with Gasteiger partial charge in [0.1, 0.15) is 0 Å². The molecule has 1 saturated heterocycles. The van der Waals surface area contributed by atoms with Crippen molar-refractivity contribution in [2.75, 3.05) is 19.6 Å². The van der Waals surface area contributed by atoms with Crippen LogP contribution in [-0.4, -0.2) is 30.8 Å². The van der Waals surface area contributed by atoms with Crippen LogP contribution in [0.25, 0.3) is 0 Å². The van der Waals surface area contributed by atoms with E-state index in [1.54, 1.807) is 0 Å². The first-order valence-electron chi connectivity index (χ1n) is 3.96. The Labute approximate surface area is 66.0 Å². The van der Waals surface area contributed by atoms with Crippen LogP contribution in [0.3, 0.4) is 0 Å². The van der Waals surface area contributed by atoms with Gasteiger partial charge in [-0.2, -0.15) is 0 Å². The molecule has 1 fully saturated rings. The van der Waals surface area contributed by atoms with E-state index < -0.39 is 6.09 Å². The van der Waals surface area contributed by atoms with Gasteiger partial charge >= 0.3 is 6.09 Å². The molecule has 1 aliphatic heterocycles. The van der Waals surface area contributed by atoms with Crippen molar-refractivity contribution in [2.45, 2.75) is 12.8 Å². The number of hydrogen-bond acceptors (Lipinski definition) is 2. The minimum atomic E-state index is -0.921. The van der Waals surface area contributed by atoms with Gasteiger partial charge in [-0.25, -0.2) is 4.79 Å². The molecule has 1 atom stereocenters. The van der Waals surface area contributed by atoms with E-state index in [-0.39, 0.29) is 0 Å². The molecule has 11 heavy (non-hydrogen) atoms. The largest absolute Gasteiger partial charge is 0.465 e. The van der Waals surface area contributed by atoms with E-state index in [1.165, 1.54) is 0 Å². The lowest BCUT2D eigenvalue weighted by Crippen LogP contribution is -2.37. The van der Waals surface area contributed by atoms with E-state index >= 15 is 0 Å². The zero-order valence-electron chi connectivity index (χ0n) is 6.47. The number of carboxylic acid groups (broad SMARTS) is 1. The Bertz CT molecular complexity index is 132. The van der Waals surface area contributed by atoms with E-state index in [9.17, 15) is 4.79 Å². The second kappa shape index (κ2) is 4.18. The molecule has 0 aliphatic carbocycles. The number of piperidine rings is 1. The van der Waals surface area contributed by atoms with Crippen molar-refractivity contribution >= 4 is 6.09 Å². The van der Waals surface area contributed by atoms with Gasteiger partial charge in [0.05, 0.1) is 0 Å².